The molecular weight excluding hydrogens is 296 g/mol. The Morgan fingerprint density at radius 3 is 2.65 bits per heavy atom. The molecule has 4 heteroatoms. The van der Waals surface area contributed by atoms with Gasteiger partial charge in [-0.05, 0) is 34.0 Å². The van der Waals surface area contributed by atoms with Crippen LogP contribution in [0.15, 0.2) is 15.9 Å². The van der Waals surface area contributed by atoms with Crippen molar-refractivity contribution in [2.45, 2.75) is 26.3 Å². The molecular formula is C13H21BrN2S. The van der Waals surface area contributed by atoms with E-state index in [1.165, 1.54) is 28.2 Å². The first kappa shape index (κ1) is 13.5. The van der Waals surface area contributed by atoms with Crippen LogP contribution >= 0.6 is 27.3 Å². The summed E-state index contributed by atoms with van der Waals surface area (Å²) in [5, 5.41) is 3.44. The lowest BCUT2D eigenvalue weighted by Gasteiger charge is -2.37. The number of thiophene rings is 1. The second-order valence-corrected chi connectivity index (χ2v) is 7.25. The highest BCUT2D eigenvalue weighted by molar-refractivity contribution is 9.11. The van der Waals surface area contributed by atoms with Gasteiger partial charge in [0.2, 0.25) is 0 Å². The van der Waals surface area contributed by atoms with Crippen molar-refractivity contribution in [3.8, 4) is 0 Å². The third-order valence-corrected chi connectivity index (χ3v) is 5.31. The molecule has 2 rings (SSSR count). The fourth-order valence-electron chi connectivity index (χ4n) is 2.49. The van der Waals surface area contributed by atoms with Gasteiger partial charge < -0.3 is 5.32 Å². The fourth-order valence-corrected chi connectivity index (χ4v) is 4.18. The summed E-state index contributed by atoms with van der Waals surface area (Å²) in [5.74, 6) is 0.721. The van der Waals surface area contributed by atoms with Gasteiger partial charge in [-0.25, -0.2) is 0 Å². The van der Waals surface area contributed by atoms with Crippen LogP contribution in [0.4, 0.5) is 0 Å². The van der Waals surface area contributed by atoms with E-state index in [0.717, 1.165) is 19.0 Å². The minimum atomic E-state index is 0.596. The van der Waals surface area contributed by atoms with Gasteiger partial charge in [-0.2, -0.15) is 0 Å². The number of piperazine rings is 1. The van der Waals surface area contributed by atoms with Gasteiger partial charge in [0, 0.05) is 37.1 Å². The Bertz CT molecular complexity index is 347. The maximum absolute atomic E-state index is 3.58. The summed E-state index contributed by atoms with van der Waals surface area (Å²) in [5.41, 5.74) is 0. The van der Waals surface area contributed by atoms with E-state index < -0.39 is 0 Å². The average Bonchev–Trinajstić information content (AvgIpc) is 2.77. The third-order valence-electron chi connectivity index (χ3n) is 3.61. The first-order chi connectivity index (χ1) is 8.22. The van der Waals surface area contributed by atoms with Gasteiger partial charge in [0.15, 0.2) is 0 Å². The summed E-state index contributed by atoms with van der Waals surface area (Å²) < 4.78 is 1.25. The first-order valence-electron chi connectivity index (χ1n) is 6.42. The van der Waals surface area contributed by atoms with E-state index in [4.69, 9.17) is 0 Å². The molecule has 1 N–H and O–H groups in total. The zero-order valence-corrected chi connectivity index (χ0v) is 13.0. The molecule has 0 aromatic carbocycles. The molecule has 0 radical (unpaired) electrons. The van der Waals surface area contributed by atoms with Gasteiger partial charge in [-0.1, -0.05) is 20.3 Å². The number of halogens is 1. The van der Waals surface area contributed by atoms with Crippen LogP contribution in [0.3, 0.4) is 0 Å². The van der Waals surface area contributed by atoms with Crippen LogP contribution in [0.2, 0.25) is 0 Å². The fraction of sp³-hybridized carbons (Fsp3) is 0.692. The molecule has 0 amide bonds. The minimum Gasteiger partial charge on any atom is -0.314 e. The summed E-state index contributed by atoms with van der Waals surface area (Å²) in [7, 11) is 0. The molecule has 1 saturated heterocycles. The predicted molar refractivity (Wildman–Crippen MR) is 78.7 cm³/mol. The number of rotatable bonds is 4. The van der Waals surface area contributed by atoms with E-state index in [2.05, 4.69) is 52.1 Å². The molecule has 1 unspecified atom stereocenters. The van der Waals surface area contributed by atoms with Gasteiger partial charge in [0.05, 0.1) is 3.79 Å². The molecule has 2 nitrogen and oxygen atoms in total. The maximum atomic E-state index is 3.58. The van der Waals surface area contributed by atoms with Gasteiger partial charge in [0.25, 0.3) is 0 Å². The second kappa shape index (κ2) is 6.32. The summed E-state index contributed by atoms with van der Waals surface area (Å²) in [6.45, 7) is 9.26. The van der Waals surface area contributed by atoms with Gasteiger partial charge in [0.1, 0.15) is 0 Å². The first-order valence-corrected chi connectivity index (χ1v) is 8.03. The van der Waals surface area contributed by atoms with Gasteiger partial charge >= 0.3 is 0 Å². The van der Waals surface area contributed by atoms with Crippen LogP contribution in [0, 0.1) is 5.92 Å². The highest BCUT2D eigenvalue weighted by Gasteiger charge is 2.27. The number of nitrogens with zero attached hydrogens (tertiary/aromatic N) is 1. The van der Waals surface area contributed by atoms with E-state index in [1.54, 1.807) is 0 Å². The molecule has 17 heavy (non-hydrogen) atoms. The predicted octanol–water partition coefficient (Wildman–Crippen LogP) is 3.50. The van der Waals surface area contributed by atoms with Crippen LogP contribution in [-0.2, 0) is 0 Å². The van der Waals surface area contributed by atoms with E-state index in [9.17, 15) is 0 Å². The van der Waals surface area contributed by atoms with Crippen molar-refractivity contribution in [1.29, 1.82) is 0 Å². The van der Waals surface area contributed by atoms with E-state index >= 15 is 0 Å². The SMILES string of the molecule is CCC(C)[C@H](c1ccc(Br)s1)N1CCNCC1. The normalized spacial score (nSPS) is 21.4. The summed E-state index contributed by atoms with van der Waals surface area (Å²) in [6.07, 6.45) is 1.24. The average molecular weight is 317 g/mol. The topological polar surface area (TPSA) is 15.3 Å². The van der Waals surface area contributed by atoms with Crippen molar-refractivity contribution < 1.29 is 0 Å². The van der Waals surface area contributed by atoms with Crippen LogP contribution < -0.4 is 5.32 Å². The third kappa shape index (κ3) is 3.31. The monoisotopic (exact) mass is 316 g/mol. The molecule has 0 spiro atoms. The van der Waals surface area contributed by atoms with E-state index in [-0.39, 0.29) is 0 Å². The lowest BCUT2D eigenvalue weighted by atomic mass is 9.95. The van der Waals surface area contributed by atoms with Crippen molar-refractivity contribution in [2.24, 2.45) is 5.92 Å². The summed E-state index contributed by atoms with van der Waals surface area (Å²) in [6, 6.07) is 5.06. The molecule has 0 aliphatic carbocycles. The van der Waals surface area contributed by atoms with Crippen molar-refractivity contribution >= 4 is 27.3 Å². The maximum Gasteiger partial charge on any atom is 0.0701 e. The summed E-state index contributed by atoms with van der Waals surface area (Å²) >= 11 is 5.47. The number of nitrogens with one attached hydrogen (secondary N) is 1. The highest BCUT2D eigenvalue weighted by atomic mass is 79.9. The Hall–Kier alpha value is 0.1000. The zero-order valence-electron chi connectivity index (χ0n) is 10.6. The molecule has 1 aliphatic rings. The standard InChI is InChI=1S/C13H21BrN2S/c1-3-10(2)13(11-4-5-12(14)17-11)16-8-6-15-7-9-16/h4-5,10,13,15H,3,6-9H2,1-2H3/t10?,13-/m1/s1. The Labute approximate surface area is 117 Å². The van der Waals surface area contributed by atoms with Crippen molar-refractivity contribution in [2.75, 3.05) is 26.2 Å². The molecule has 1 aromatic rings. The Morgan fingerprint density at radius 1 is 1.41 bits per heavy atom. The van der Waals surface area contributed by atoms with Crippen molar-refractivity contribution in [3.63, 3.8) is 0 Å². The smallest absolute Gasteiger partial charge is 0.0701 e. The Balaban J connectivity index is 2.17. The van der Waals surface area contributed by atoms with Crippen molar-refractivity contribution in [1.82, 2.24) is 10.2 Å². The molecule has 1 fully saturated rings. The molecule has 1 aliphatic heterocycles. The van der Waals surface area contributed by atoms with Crippen LogP contribution in [0.25, 0.3) is 0 Å². The highest BCUT2D eigenvalue weighted by Crippen LogP contribution is 2.36. The Morgan fingerprint density at radius 2 is 2.12 bits per heavy atom. The minimum absolute atomic E-state index is 0.596. The van der Waals surface area contributed by atoms with Gasteiger partial charge in [-0.15, -0.1) is 11.3 Å². The zero-order chi connectivity index (χ0) is 12.3. The summed E-state index contributed by atoms with van der Waals surface area (Å²) in [4.78, 5) is 4.15. The molecule has 2 heterocycles. The second-order valence-electron chi connectivity index (χ2n) is 4.76. The largest absolute Gasteiger partial charge is 0.314 e. The number of hydrogen-bond acceptors (Lipinski definition) is 3. The van der Waals surface area contributed by atoms with Crippen LogP contribution in [0.1, 0.15) is 31.2 Å². The van der Waals surface area contributed by atoms with E-state index in [1.807, 2.05) is 11.3 Å². The van der Waals surface area contributed by atoms with Gasteiger partial charge in [-0.3, -0.25) is 4.90 Å². The number of hydrogen-bond donors (Lipinski definition) is 1. The van der Waals surface area contributed by atoms with Crippen LogP contribution in [-0.4, -0.2) is 31.1 Å². The quantitative estimate of drug-likeness (QED) is 0.914. The molecule has 0 saturated carbocycles. The molecule has 1 aromatic heterocycles. The lowest BCUT2D eigenvalue weighted by molar-refractivity contribution is 0.131. The van der Waals surface area contributed by atoms with Crippen LogP contribution in [0.5, 0.6) is 0 Å². The molecule has 2 atom stereocenters. The molecule has 96 valence electrons. The lowest BCUT2D eigenvalue weighted by Crippen LogP contribution is -2.46. The van der Waals surface area contributed by atoms with E-state index in [0.29, 0.717) is 6.04 Å². The molecule has 0 bridgehead atoms. The van der Waals surface area contributed by atoms with Crippen molar-refractivity contribution in [3.05, 3.63) is 20.8 Å². The Kier molecular flexibility index (Phi) is 5.03.